The van der Waals surface area contributed by atoms with E-state index in [2.05, 4.69) is 0 Å². The van der Waals surface area contributed by atoms with E-state index >= 15 is 0 Å². The summed E-state index contributed by atoms with van der Waals surface area (Å²) in [7, 11) is 0. The molecule has 6 heteroatoms. The van der Waals surface area contributed by atoms with Crippen molar-refractivity contribution in [1.29, 1.82) is 0 Å². The van der Waals surface area contributed by atoms with E-state index in [0.717, 1.165) is 0 Å². The number of carbonyl (C=O) groups excluding carboxylic acids is 2. The molecule has 94 valence electrons. The molecule has 4 nitrogen and oxygen atoms in total. The maximum Gasteiger partial charge on any atom is 0.351 e. The molecule has 1 atom stereocenters. The van der Waals surface area contributed by atoms with Gasteiger partial charge in [0.15, 0.2) is 5.78 Å². The second-order valence-electron chi connectivity index (χ2n) is 3.81. The molecule has 2 N–H and O–H groups in total. The molecule has 0 bridgehead atoms. The molecule has 0 saturated carbocycles. The van der Waals surface area contributed by atoms with Crippen molar-refractivity contribution in [3.05, 3.63) is 39.9 Å². The van der Waals surface area contributed by atoms with Crippen LogP contribution in [0.1, 0.15) is 16.8 Å². The van der Waals surface area contributed by atoms with Gasteiger partial charge in [0.1, 0.15) is 11.1 Å². The summed E-state index contributed by atoms with van der Waals surface area (Å²) in [6.07, 6.45) is -0.856. The molecular weight excluding hydrogens is 277 g/mol. The minimum Gasteiger partial charge on any atom is -0.452 e. The van der Waals surface area contributed by atoms with Crippen molar-refractivity contribution < 1.29 is 14.3 Å². The molecule has 1 aromatic carbocycles. The number of hydrogen-bond acceptors (Lipinski definition) is 4. The Bertz CT molecular complexity index is 554. The number of hydrogen-bond donors (Lipinski definition) is 1. The van der Waals surface area contributed by atoms with E-state index in [1.165, 1.54) is 0 Å². The predicted molar refractivity (Wildman–Crippen MR) is 68.4 cm³/mol. The molecule has 0 amide bonds. The highest BCUT2D eigenvalue weighted by Crippen LogP contribution is 2.31. The van der Waals surface area contributed by atoms with E-state index in [9.17, 15) is 9.59 Å². The van der Waals surface area contributed by atoms with Crippen LogP contribution >= 0.6 is 23.2 Å². The third-order valence-corrected chi connectivity index (χ3v) is 3.39. The van der Waals surface area contributed by atoms with Crippen LogP contribution in [-0.2, 0) is 9.53 Å². The molecular formula is C12H9Cl2NO3. The van der Waals surface area contributed by atoms with Crippen LogP contribution in [0, 0.1) is 0 Å². The van der Waals surface area contributed by atoms with Crippen LogP contribution in [0.25, 0.3) is 0 Å². The Labute approximate surface area is 113 Å². The first-order valence-electron chi connectivity index (χ1n) is 5.14. The Morgan fingerprint density at radius 2 is 2.11 bits per heavy atom. The lowest BCUT2D eigenvalue weighted by Gasteiger charge is -2.09. The van der Waals surface area contributed by atoms with Crippen molar-refractivity contribution in [1.82, 2.24) is 0 Å². The second-order valence-corrected chi connectivity index (χ2v) is 4.59. The Balaban J connectivity index is 2.12. The number of benzene rings is 1. The van der Waals surface area contributed by atoms with Gasteiger partial charge < -0.3 is 10.5 Å². The van der Waals surface area contributed by atoms with Crippen LogP contribution in [0.2, 0.25) is 0 Å². The highest BCUT2D eigenvalue weighted by Gasteiger charge is 2.33. The van der Waals surface area contributed by atoms with Gasteiger partial charge in [-0.25, -0.2) is 4.79 Å². The molecule has 0 radical (unpaired) electrons. The maximum absolute atomic E-state index is 11.9. The number of halogens is 2. The lowest BCUT2D eigenvalue weighted by atomic mass is 10.0. The number of cyclic esters (lactones) is 1. The Kier molecular flexibility index (Phi) is 3.59. The summed E-state index contributed by atoms with van der Waals surface area (Å²) in [6, 6.07) is 6.54. The molecule has 1 heterocycles. The fourth-order valence-corrected chi connectivity index (χ4v) is 1.97. The van der Waals surface area contributed by atoms with Gasteiger partial charge in [0.2, 0.25) is 0 Å². The van der Waals surface area contributed by atoms with Crippen molar-refractivity contribution in [2.24, 2.45) is 0 Å². The Morgan fingerprint density at radius 3 is 2.67 bits per heavy atom. The van der Waals surface area contributed by atoms with Crippen LogP contribution in [-0.4, -0.2) is 17.9 Å². The van der Waals surface area contributed by atoms with Gasteiger partial charge in [0.25, 0.3) is 0 Å². The van der Waals surface area contributed by atoms with Gasteiger partial charge in [0, 0.05) is 11.3 Å². The molecule has 0 aromatic heterocycles. The monoisotopic (exact) mass is 285 g/mol. The first-order valence-corrected chi connectivity index (χ1v) is 5.89. The highest BCUT2D eigenvalue weighted by atomic mass is 35.5. The van der Waals surface area contributed by atoms with Crippen molar-refractivity contribution >= 4 is 40.6 Å². The van der Waals surface area contributed by atoms with Gasteiger partial charge in [0.05, 0.1) is 11.5 Å². The Morgan fingerprint density at radius 1 is 1.39 bits per heavy atom. The summed E-state index contributed by atoms with van der Waals surface area (Å²) in [5.41, 5.74) is 6.51. The number of Topliss-reactive ketones (excluding diaryl/α,β-unsaturated/α-hetero) is 1. The van der Waals surface area contributed by atoms with Crippen LogP contribution in [0.4, 0.5) is 5.69 Å². The smallest absolute Gasteiger partial charge is 0.351 e. The van der Waals surface area contributed by atoms with Crippen LogP contribution in [0.15, 0.2) is 34.3 Å². The number of ketones is 1. The van der Waals surface area contributed by atoms with E-state index in [-0.39, 0.29) is 22.3 Å². The molecule has 0 spiro atoms. The van der Waals surface area contributed by atoms with Gasteiger partial charge >= 0.3 is 5.97 Å². The van der Waals surface area contributed by atoms with Crippen molar-refractivity contribution in [3.8, 4) is 0 Å². The van der Waals surface area contributed by atoms with Crippen molar-refractivity contribution in [2.75, 3.05) is 5.73 Å². The van der Waals surface area contributed by atoms with E-state index in [1.807, 2.05) is 0 Å². The van der Waals surface area contributed by atoms with Crippen LogP contribution < -0.4 is 5.73 Å². The Hall–Kier alpha value is -1.52. The average molecular weight is 286 g/mol. The molecule has 0 aliphatic carbocycles. The van der Waals surface area contributed by atoms with Gasteiger partial charge in [-0.1, -0.05) is 35.3 Å². The van der Waals surface area contributed by atoms with E-state index in [4.69, 9.17) is 33.7 Å². The van der Waals surface area contributed by atoms with Crippen molar-refractivity contribution in [2.45, 2.75) is 12.5 Å². The molecule has 0 fully saturated rings. The summed E-state index contributed by atoms with van der Waals surface area (Å²) in [5, 5.41) is -0.0963. The van der Waals surface area contributed by atoms with Crippen LogP contribution in [0.5, 0.6) is 0 Å². The number of nitrogens with two attached hydrogens (primary N) is 1. The zero-order valence-electron chi connectivity index (χ0n) is 9.15. The third kappa shape index (κ3) is 2.49. The topological polar surface area (TPSA) is 69.4 Å². The van der Waals surface area contributed by atoms with E-state index in [1.54, 1.807) is 24.3 Å². The lowest BCUT2D eigenvalue weighted by Crippen LogP contribution is -2.15. The first-order chi connectivity index (χ1) is 8.49. The third-order valence-electron chi connectivity index (χ3n) is 2.50. The quantitative estimate of drug-likeness (QED) is 0.526. The van der Waals surface area contributed by atoms with E-state index < -0.39 is 12.1 Å². The average Bonchev–Trinajstić information content (AvgIpc) is 2.57. The van der Waals surface area contributed by atoms with Gasteiger partial charge in [-0.15, -0.1) is 0 Å². The normalized spacial score (nSPS) is 19.0. The molecule has 1 aliphatic heterocycles. The fraction of sp³-hybridized carbons (Fsp3) is 0.167. The van der Waals surface area contributed by atoms with Crippen molar-refractivity contribution in [3.63, 3.8) is 0 Å². The second kappa shape index (κ2) is 5.00. The van der Waals surface area contributed by atoms with Gasteiger partial charge in [-0.3, -0.25) is 4.79 Å². The highest BCUT2D eigenvalue weighted by molar-refractivity contribution is 6.48. The maximum atomic E-state index is 11.9. The predicted octanol–water partition coefficient (Wildman–Crippen LogP) is 2.46. The number of ether oxygens (including phenoxy) is 1. The SMILES string of the molecule is Nc1cccc(C(=O)CC2OC(=O)C(Cl)=C2Cl)c1. The zero-order chi connectivity index (χ0) is 13.3. The number of nitrogen functional groups attached to an aromatic ring is 1. The molecule has 2 rings (SSSR count). The summed E-state index contributed by atoms with van der Waals surface area (Å²) >= 11 is 11.4. The number of carbonyl (C=O) groups is 2. The molecule has 0 saturated heterocycles. The van der Waals surface area contributed by atoms with E-state index in [0.29, 0.717) is 11.3 Å². The molecule has 1 unspecified atom stereocenters. The van der Waals surface area contributed by atoms with Gasteiger partial charge in [-0.05, 0) is 12.1 Å². The lowest BCUT2D eigenvalue weighted by molar-refractivity contribution is -0.138. The summed E-state index contributed by atoms with van der Waals surface area (Å²) in [5.74, 6) is -0.920. The first kappa shape index (κ1) is 12.9. The standard InChI is InChI=1S/C12H9Cl2NO3/c13-10-9(18-12(17)11(10)14)5-8(16)6-2-1-3-7(15)4-6/h1-4,9H,5,15H2. The van der Waals surface area contributed by atoms with Gasteiger partial charge in [-0.2, -0.15) is 0 Å². The number of anilines is 1. The van der Waals surface area contributed by atoms with Crippen LogP contribution in [0.3, 0.4) is 0 Å². The summed E-state index contributed by atoms with van der Waals surface area (Å²) in [6.45, 7) is 0. The minimum atomic E-state index is -0.805. The number of esters is 1. The molecule has 1 aliphatic rings. The largest absolute Gasteiger partial charge is 0.452 e. The molecule has 18 heavy (non-hydrogen) atoms. The number of rotatable bonds is 3. The summed E-state index contributed by atoms with van der Waals surface area (Å²) in [4.78, 5) is 23.1. The fourth-order valence-electron chi connectivity index (χ4n) is 1.60. The molecule has 1 aromatic rings. The minimum absolute atomic E-state index is 0.0513. The summed E-state index contributed by atoms with van der Waals surface area (Å²) < 4.78 is 4.88. The zero-order valence-corrected chi connectivity index (χ0v) is 10.7.